The standard InChI is InChI=1S/C20H28F3IN2/c1-3-16-13-26(24)17(4-2)12-25(16)19-8-6-5-7-14-11-15(20(21,22)23)9-10-18(14)19/h9-11,16-17,19H,3-8,12-13H2,1-2H3/t16-,17+,19+/m1/s1. The van der Waals surface area contributed by atoms with Gasteiger partial charge in [0.15, 0.2) is 0 Å². The fourth-order valence-corrected chi connectivity index (χ4v) is 5.51. The number of nitrogens with zero attached hydrogens (tertiary/aromatic N) is 2. The summed E-state index contributed by atoms with van der Waals surface area (Å²) in [5, 5.41) is 0. The van der Waals surface area contributed by atoms with Gasteiger partial charge >= 0.3 is 6.18 Å². The van der Waals surface area contributed by atoms with E-state index in [-0.39, 0.29) is 6.04 Å². The van der Waals surface area contributed by atoms with Crippen molar-refractivity contribution in [3.05, 3.63) is 34.9 Å². The molecule has 1 aliphatic carbocycles. The molecule has 1 aliphatic heterocycles. The van der Waals surface area contributed by atoms with E-state index < -0.39 is 11.7 Å². The van der Waals surface area contributed by atoms with Crippen molar-refractivity contribution in [2.45, 2.75) is 76.7 Å². The van der Waals surface area contributed by atoms with Gasteiger partial charge in [0.2, 0.25) is 0 Å². The van der Waals surface area contributed by atoms with Crippen LogP contribution in [0.1, 0.15) is 68.7 Å². The van der Waals surface area contributed by atoms with Crippen molar-refractivity contribution in [2.75, 3.05) is 13.1 Å². The summed E-state index contributed by atoms with van der Waals surface area (Å²) in [6.45, 7) is 6.47. The van der Waals surface area contributed by atoms with E-state index in [9.17, 15) is 13.2 Å². The van der Waals surface area contributed by atoms with Crippen LogP contribution in [-0.2, 0) is 12.6 Å². The SMILES string of the molecule is CC[C@H]1CN([C@H]2CCCCc3cc(C(F)(F)F)ccc32)[C@H](CC)CN1I. The highest BCUT2D eigenvalue weighted by molar-refractivity contribution is 14.1. The minimum absolute atomic E-state index is 0.249. The summed E-state index contributed by atoms with van der Waals surface area (Å²) < 4.78 is 41.9. The van der Waals surface area contributed by atoms with Crippen molar-refractivity contribution in [3.8, 4) is 0 Å². The Morgan fingerprint density at radius 3 is 2.46 bits per heavy atom. The zero-order valence-electron chi connectivity index (χ0n) is 15.5. The minimum atomic E-state index is -4.26. The summed E-state index contributed by atoms with van der Waals surface area (Å²) >= 11 is 2.44. The first-order valence-corrected chi connectivity index (χ1v) is 10.7. The number of fused-ring (bicyclic) bond motifs is 1. The van der Waals surface area contributed by atoms with Gasteiger partial charge in [-0.2, -0.15) is 13.2 Å². The van der Waals surface area contributed by atoms with Gasteiger partial charge in [0.05, 0.1) is 5.56 Å². The van der Waals surface area contributed by atoms with Crippen LogP contribution in [0.15, 0.2) is 18.2 Å². The van der Waals surface area contributed by atoms with Crippen LogP contribution in [0.25, 0.3) is 0 Å². The van der Waals surface area contributed by atoms with E-state index >= 15 is 0 Å². The molecule has 0 spiro atoms. The summed E-state index contributed by atoms with van der Waals surface area (Å²) in [4.78, 5) is 2.60. The van der Waals surface area contributed by atoms with Crippen LogP contribution in [0.3, 0.4) is 0 Å². The second-order valence-electron chi connectivity index (χ2n) is 7.58. The number of alkyl halides is 3. The maximum Gasteiger partial charge on any atom is 0.416 e. The Bertz CT molecular complexity index is 620. The summed E-state index contributed by atoms with van der Waals surface area (Å²) in [6, 6.07) is 5.68. The highest BCUT2D eigenvalue weighted by Crippen LogP contribution is 2.40. The molecule has 0 N–H and O–H groups in total. The van der Waals surface area contributed by atoms with Gasteiger partial charge < -0.3 is 0 Å². The molecule has 3 atom stereocenters. The Labute approximate surface area is 168 Å². The molecule has 3 rings (SSSR count). The summed E-state index contributed by atoms with van der Waals surface area (Å²) in [5.74, 6) is 0. The topological polar surface area (TPSA) is 6.48 Å². The third-order valence-electron chi connectivity index (χ3n) is 6.02. The fourth-order valence-electron chi connectivity index (χ4n) is 4.49. The molecule has 0 radical (unpaired) electrons. The van der Waals surface area contributed by atoms with Gasteiger partial charge in [-0.3, -0.25) is 4.90 Å². The van der Waals surface area contributed by atoms with Crippen LogP contribution < -0.4 is 0 Å². The quantitative estimate of drug-likeness (QED) is 0.298. The lowest BCUT2D eigenvalue weighted by atomic mass is 9.92. The van der Waals surface area contributed by atoms with Crippen LogP contribution in [0, 0.1) is 0 Å². The van der Waals surface area contributed by atoms with E-state index in [1.807, 2.05) is 0 Å². The lowest BCUT2D eigenvalue weighted by Crippen LogP contribution is -2.55. The second kappa shape index (κ2) is 8.35. The molecule has 1 aromatic rings. The Balaban J connectivity index is 1.95. The maximum absolute atomic E-state index is 13.2. The first-order chi connectivity index (χ1) is 12.3. The van der Waals surface area contributed by atoms with Gasteiger partial charge in [-0.05, 0) is 55.4 Å². The Morgan fingerprint density at radius 2 is 1.81 bits per heavy atom. The number of piperazine rings is 1. The van der Waals surface area contributed by atoms with Gasteiger partial charge in [-0.25, -0.2) is 3.11 Å². The van der Waals surface area contributed by atoms with E-state index in [0.29, 0.717) is 12.1 Å². The van der Waals surface area contributed by atoms with Gasteiger partial charge in [0, 0.05) is 54.1 Å². The highest BCUT2D eigenvalue weighted by Gasteiger charge is 2.37. The van der Waals surface area contributed by atoms with Crippen LogP contribution in [0.2, 0.25) is 0 Å². The van der Waals surface area contributed by atoms with Gasteiger partial charge in [0.1, 0.15) is 0 Å². The van der Waals surface area contributed by atoms with Crippen molar-refractivity contribution >= 4 is 22.9 Å². The van der Waals surface area contributed by atoms with E-state index in [0.717, 1.165) is 62.7 Å². The first kappa shape index (κ1) is 20.4. The minimum Gasteiger partial charge on any atom is -0.291 e. The molecule has 0 unspecified atom stereocenters. The van der Waals surface area contributed by atoms with Crippen molar-refractivity contribution in [3.63, 3.8) is 0 Å². The lowest BCUT2D eigenvalue weighted by molar-refractivity contribution is -0.137. The van der Waals surface area contributed by atoms with E-state index in [4.69, 9.17) is 0 Å². The molecule has 6 heteroatoms. The first-order valence-electron chi connectivity index (χ1n) is 9.73. The number of hydrogen-bond acceptors (Lipinski definition) is 2. The normalized spacial score (nSPS) is 28.6. The van der Waals surface area contributed by atoms with E-state index in [1.165, 1.54) is 12.1 Å². The van der Waals surface area contributed by atoms with Crippen LogP contribution in [0.4, 0.5) is 13.2 Å². The molecule has 146 valence electrons. The number of aryl methyl sites for hydroxylation is 1. The molecule has 2 nitrogen and oxygen atoms in total. The molecule has 26 heavy (non-hydrogen) atoms. The lowest BCUT2D eigenvalue weighted by Gasteiger charge is -2.47. The third-order valence-corrected chi connectivity index (χ3v) is 7.20. The molecule has 2 aliphatic rings. The monoisotopic (exact) mass is 480 g/mol. The zero-order valence-corrected chi connectivity index (χ0v) is 17.7. The average molecular weight is 480 g/mol. The van der Waals surface area contributed by atoms with Crippen molar-refractivity contribution in [1.82, 2.24) is 8.01 Å². The third kappa shape index (κ3) is 4.22. The largest absolute Gasteiger partial charge is 0.416 e. The number of halogens is 4. The molecule has 1 heterocycles. The summed E-state index contributed by atoms with van der Waals surface area (Å²) in [7, 11) is 0. The van der Waals surface area contributed by atoms with E-state index in [2.05, 4.69) is 44.7 Å². The predicted octanol–water partition coefficient (Wildman–Crippen LogP) is 6.00. The molecule has 1 aromatic carbocycles. The maximum atomic E-state index is 13.2. The summed E-state index contributed by atoms with van der Waals surface area (Å²) in [6.07, 6.45) is 1.78. The molecule has 1 saturated heterocycles. The Hall–Kier alpha value is -0.340. The molecular weight excluding hydrogens is 452 g/mol. The predicted molar refractivity (Wildman–Crippen MR) is 107 cm³/mol. The molecular formula is C20H28F3IN2. The molecule has 0 aromatic heterocycles. The van der Waals surface area contributed by atoms with Crippen LogP contribution >= 0.6 is 22.9 Å². The van der Waals surface area contributed by atoms with Crippen molar-refractivity contribution < 1.29 is 13.2 Å². The molecule has 0 saturated carbocycles. The van der Waals surface area contributed by atoms with Gasteiger partial charge in [-0.15, -0.1) is 0 Å². The van der Waals surface area contributed by atoms with Crippen molar-refractivity contribution in [1.29, 1.82) is 0 Å². The van der Waals surface area contributed by atoms with Gasteiger partial charge in [0.25, 0.3) is 0 Å². The number of rotatable bonds is 3. The molecule has 0 bridgehead atoms. The Kier molecular flexibility index (Phi) is 6.55. The fraction of sp³-hybridized carbons (Fsp3) is 0.700. The van der Waals surface area contributed by atoms with Crippen molar-refractivity contribution in [2.24, 2.45) is 0 Å². The van der Waals surface area contributed by atoms with Crippen LogP contribution in [0.5, 0.6) is 0 Å². The zero-order chi connectivity index (χ0) is 18.9. The average Bonchev–Trinajstić information content (AvgIpc) is 2.82. The smallest absolute Gasteiger partial charge is 0.291 e. The molecule has 1 fully saturated rings. The Morgan fingerprint density at radius 1 is 1.08 bits per heavy atom. The second-order valence-corrected chi connectivity index (χ2v) is 8.82. The summed E-state index contributed by atoms with van der Waals surface area (Å²) in [5.41, 5.74) is 1.53. The van der Waals surface area contributed by atoms with Crippen LogP contribution in [-0.4, -0.2) is 33.2 Å². The number of benzene rings is 1. The highest BCUT2D eigenvalue weighted by atomic mass is 127. The molecule has 0 amide bonds. The van der Waals surface area contributed by atoms with Gasteiger partial charge in [-0.1, -0.05) is 26.3 Å². The number of hydrogen-bond donors (Lipinski definition) is 0. The van der Waals surface area contributed by atoms with E-state index in [1.54, 1.807) is 6.07 Å².